The number of hydrogen-bond donors (Lipinski definition) is 2. The number of nitrogens with one attached hydrogen (secondary N) is 2. The van der Waals surface area contributed by atoms with Crippen LogP contribution in [0.5, 0.6) is 0 Å². The summed E-state index contributed by atoms with van der Waals surface area (Å²) in [4.78, 5) is 15.7. The van der Waals surface area contributed by atoms with Crippen LogP contribution >= 0.6 is 11.8 Å². The van der Waals surface area contributed by atoms with Gasteiger partial charge >= 0.3 is 0 Å². The van der Waals surface area contributed by atoms with E-state index in [1.807, 2.05) is 55.5 Å². The first kappa shape index (κ1) is 19.6. The van der Waals surface area contributed by atoms with Gasteiger partial charge in [-0.3, -0.25) is 15.5 Å². The van der Waals surface area contributed by atoms with Gasteiger partial charge in [-0.1, -0.05) is 67.2 Å². The van der Waals surface area contributed by atoms with Crippen LogP contribution in [-0.4, -0.2) is 17.1 Å². The topological polar surface area (TPSA) is 44.4 Å². The second kappa shape index (κ2) is 8.31. The van der Waals surface area contributed by atoms with E-state index in [2.05, 4.69) is 54.1 Å². The molecule has 1 aliphatic rings. The average molecular weight is 404 g/mol. The maximum atomic E-state index is 13.4. The fourth-order valence-electron chi connectivity index (χ4n) is 3.59. The molecular weight excluding hydrogens is 378 g/mol. The second-order valence-corrected chi connectivity index (χ2v) is 8.43. The Hall–Kier alpha value is -2.76. The lowest BCUT2D eigenvalue weighted by atomic mass is 9.92. The summed E-state index contributed by atoms with van der Waals surface area (Å²) in [6.07, 6.45) is 0.731. The zero-order valence-corrected chi connectivity index (χ0v) is 17.4. The Morgan fingerprint density at radius 2 is 1.52 bits per heavy atom. The van der Waals surface area contributed by atoms with Crippen molar-refractivity contribution >= 4 is 23.4 Å². The maximum Gasteiger partial charge on any atom is 0.267 e. The van der Waals surface area contributed by atoms with Gasteiger partial charge in [-0.15, -0.1) is 0 Å². The fraction of sp³-hybridized carbons (Fsp3) is 0.208. The number of anilines is 1. The number of carbonyl (C=O) groups is 1. The number of benzene rings is 3. The lowest BCUT2D eigenvalue weighted by molar-refractivity contribution is -0.131. The Bertz CT molecular complexity index is 962. The SMILES string of the molecule is CC[C@H]1N[C@](C)(c2ccc(Sc3ccccc3)cc2)C(=O)N1Nc1ccccc1. The summed E-state index contributed by atoms with van der Waals surface area (Å²) in [5, 5.41) is 5.25. The molecule has 2 N–H and O–H groups in total. The van der Waals surface area contributed by atoms with Gasteiger partial charge in [-0.25, -0.2) is 5.01 Å². The van der Waals surface area contributed by atoms with Crippen molar-refractivity contribution in [2.75, 3.05) is 5.43 Å². The summed E-state index contributed by atoms with van der Waals surface area (Å²) in [6, 6.07) is 28.4. The number of para-hydroxylation sites is 1. The smallest absolute Gasteiger partial charge is 0.267 e. The zero-order chi connectivity index (χ0) is 20.3. The molecule has 2 atom stereocenters. The molecule has 148 valence electrons. The molecule has 4 rings (SSSR count). The molecule has 0 bridgehead atoms. The summed E-state index contributed by atoms with van der Waals surface area (Å²) in [7, 11) is 0. The molecule has 1 heterocycles. The minimum atomic E-state index is -0.765. The maximum absolute atomic E-state index is 13.4. The molecule has 0 aromatic heterocycles. The lowest BCUT2D eigenvalue weighted by Crippen LogP contribution is -2.41. The Balaban J connectivity index is 1.54. The zero-order valence-electron chi connectivity index (χ0n) is 16.6. The van der Waals surface area contributed by atoms with Crippen molar-refractivity contribution < 1.29 is 4.79 Å². The predicted octanol–water partition coefficient (Wildman–Crippen LogP) is 5.25. The van der Waals surface area contributed by atoms with Crippen LogP contribution in [0.1, 0.15) is 25.8 Å². The van der Waals surface area contributed by atoms with Crippen molar-refractivity contribution in [3.05, 3.63) is 90.5 Å². The van der Waals surface area contributed by atoms with Crippen molar-refractivity contribution in [2.24, 2.45) is 0 Å². The normalized spacial score (nSPS) is 21.4. The number of nitrogens with zero attached hydrogens (tertiary/aromatic N) is 1. The number of hydrazine groups is 1. The molecule has 0 saturated carbocycles. The highest BCUT2D eigenvalue weighted by Gasteiger charge is 2.48. The number of amides is 1. The van der Waals surface area contributed by atoms with Crippen LogP contribution < -0.4 is 10.7 Å². The molecule has 5 heteroatoms. The highest BCUT2D eigenvalue weighted by molar-refractivity contribution is 7.99. The van der Waals surface area contributed by atoms with Gasteiger partial charge in [0.2, 0.25) is 0 Å². The molecule has 0 spiro atoms. The van der Waals surface area contributed by atoms with Crippen LogP contribution in [0.15, 0.2) is 94.7 Å². The number of hydrogen-bond acceptors (Lipinski definition) is 4. The summed E-state index contributed by atoms with van der Waals surface area (Å²) in [5.74, 6) is 0.0247. The van der Waals surface area contributed by atoms with E-state index in [4.69, 9.17) is 0 Å². The third-order valence-corrected chi connectivity index (χ3v) is 6.25. The summed E-state index contributed by atoms with van der Waals surface area (Å²) >= 11 is 1.72. The van der Waals surface area contributed by atoms with E-state index in [9.17, 15) is 4.79 Å². The Morgan fingerprint density at radius 3 is 2.14 bits per heavy atom. The molecule has 1 saturated heterocycles. The molecule has 0 radical (unpaired) electrons. The molecule has 1 amide bonds. The van der Waals surface area contributed by atoms with E-state index in [1.165, 1.54) is 4.90 Å². The van der Waals surface area contributed by atoms with Crippen molar-refractivity contribution in [2.45, 2.75) is 41.8 Å². The van der Waals surface area contributed by atoms with Crippen LogP contribution in [0.25, 0.3) is 0 Å². The molecule has 0 aliphatic carbocycles. The minimum Gasteiger partial charge on any atom is -0.294 e. The van der Waals surface area contributed by atoms with Gasteiger partial charge in [0, 0.05) is 9.79 Å². The first-order valence-corrected chi connectivity index (χ1v) is 10.7. The van der Waals surface area contributed by atoms with Gasteiger partial charge in [0.15, 0.2) is 0 Å². The average Bonchev–Trinajstić information content (AvgIpc) is 3.01. The van der Waals surface area contributed by atoms with Gasteiger partial charge in [0.25, 0.3) is 5.91 Å². The Kier molecular flexibility index (Phi) is 5.60. The van der Waals surface area contributed by atoms with Crippen LogP contribution in [-0.2, 0) is 10.3 Å². The highest BCUT2D eigenvalue weighted by atomic mass is 32.2. The largest absolute Gasteiger partial charge is 0.294 e. The molecule has 1 fully saturated rings. The van der Waals surface area contributed by atoms with Crippen molar-refractivity contribution in [3.63, 3.8) is 0 Å². The molecule has 4 nitrogen and oxygen atoms in total. The van der Waals surface area contributed by atoms with Crippen LogP contribution in [0.3, 0.4) is 0 Å². The van der Waals surface area contributed by atoms with Crippen molar-refractivity contribution in [3.8, 4) is 0 Å². The van der Waals surface area contributed by atoms with Gasteiger partial charge in [0.1, 0.15) is 11.7 Å². The van der Waals surface area contributed by atoms with Gasteiger partial charge in [-0.2, -0.15) is 0 Å². The number of rotatable bonds is 6. The highest BCUT2D eigenvalue weighted by Crippen LogP contribution is 2.34. The van der Waals surface area contributed by atoms with Crippen molar-refractivity contribution in [1.82, 2.24) is 10.3 Å². The van der Waals surface area contributed by atoms with E-state index in [-0.39, 0.29) is 12.1 Å². The molecule has 3 aromatic rings. The third kappa shape index (κ3) is 4.02. The summed E-state index contributed by atoms with van der Waals surface area (Å²) in [5.41, 5.74) is 4.38. The first-order valence-electron chi connectivity index (χ1n) is 9.86. The van der Waals surface area contributed by atoms with Gasteiger partial charge in [-0.05, 0) is 55.3 Å². The van der Waals surface area contributed by atoms with E-state index in [1.54, 1.807) is 16.8 Å². The predicted molar refractivity (Wildman–Crippen MR) is 118 cm³/mol. The molecular formula is C24H25N3OS. The van der Waals surface area contributed by atoms with E-state index < -0.39 is 5.54 Å². The van der Waals surface area contributed by atoms with Crippen LogP contribution in [0, 0.1) is 0 Å². The van der Waals surface area contributed by atoms with Crippen LogP contribution in [0.4, 0.5) is 5.69 Å². The van der Waals surface area contributed by atoms with Gasteiger partial charge in [0.05, 0.1) is 5.69 Å². The Morgan fingerprint density at radius 1 is 0.931 bits per heavy atom. The molecule has 3 aromatic carbocycles. The monoisotopic (exact) mass is 403 g/mol. The van der Waals surface area contributed by atoms with Crippen LogP contribution in [0.2, 0.25) is 0 Å². The number of carbonyl (C=O) groups excluding carboxylic acids is 1. The molecule has 0 unspecified atom stereocenters. The summed E-state index contributed by atoms with van der Waals surface area (Å²) in [6.45, 7) is 4.04. The molecule has 1 aliphatic heterocycles. The lowest BCUT2D eigenvalue weighted by Gasteiger charge is -2.25. The third-order valence-electron chi connectivity index (χ3n) is 5.23. The Labute approximate surface area is 176 Å². The summed E-state index contributed by atoms with van der Waals surface area (Å²) < 4.78 is 0. The van der Waals surface area contributed by atoms with Gasteiger partial charge < -0.3 is 0 Å². The standard InChI is InChI=1S/C24H25N3OS/c1-3-22-25-24(2,23(28)27(22)26-19-10-6-4-7-11-19)18-14-16-21(17-15-18)29-20-12-8-5-9-13-20/h4-17,22,25-26H,3H2,1-2H3/t22-,24+/m0/s1. The molecule has 29 heavy (non-hydrogen) atoms. The van der Waals surface area contributed by atoms with E-state index >= 15 is 0 Å². The fourth-order valence-corrected chi connectivity index (χ4v) is 4.43. The first-order chi connectivity index (χ1) is 14.1. The second-order valence-electron chi connectivity index (χ2n) is 7.29. The quantitative estimate of drug-likeness (QED) is 0.590. The van der Waals surface area contributed by atoms with E-state index in [0.717, 1.165) is 22.6 Å². The van der Waals surface area contributed by atoms with Crippen molar-refractivity contribution in [1.29, 1.82) is 0 Å². The minimum absolute atomic E-state index is 0.0247. The van der Waals surface area contributed by atoms with E-state index in [0.29, 0.717) is 0 Å².